The number of rotatable bonds is 6. The van der Waals surface area contributed by atoms with E-state index in [9.17, 15) is 4.39 Å². The van der Waals surface area contributed by atoms with Crippen LogP contribution in [0.1, 0.15) is 23.4 Å². The number of ether oxygens (including phenoxy) is 1. The van der Waals surface area contributed by atoms with Crippen LogP contribution < -0.4 is 10.1 Å². The molecular formula is C15H17BrFNOS. The second-order valence-corrected chi connectivity index (χ2v) is 6.96. The molecule has 2 nitrogen and oxygen atoms in total. The SMILES string of the molecule is CCNC(Cc1ccc(Br)s1)c1ccc(OC)c(F)c1. The summed E-state index contributed by atoms with van der Waals surface area (Å²) in [4.78, 5) is 1.26. The molecule has 0 amide bonds. The first-order valence-corrected chi connectivity index (χ1v) is 8.06. The lowest BCUT2D eigenvalue weighted by Crippen LogP contribution is -2.22. The number of benzene rings is 1. The van der Waals surface area contributed by atoms with Gasteiger partial charge in [0.15, 0.2) is 11.6 Å². The van der Waals surface area contributed by atoms with E-state index in [4.69, 9.17) is 4.74 Å². The van der Waals surface area contributed by atoms with Gasteiger partial charge in [0.1, 0.15) is 0 Å². The number of hydrogen-bond acceptors (Lipinski definition) is 3. The maximum Gasteiger partial charge on any atom is 0.165 e. The van der Waals surface area contributed by atoms with Gasteiger partial charge in [0.05, 0.1) is 10.9 Å². The number of hydrogen-bond donors (Lipinski definition) is 1. The number of halogens is 2. The number of likely N-dealkylation sites (N-methyl/N-ethyl adjacent to an activating group) is 1. The number of nitrogens with one attached hydrogen (secondary N) is 1. The monoisotopic (exact) mass is 357 g/mol. The molecule has 0 fully saturated rings. The Bertz CT molecular complexity index is 573. The van der Waals surface area contributed by atoms with Crippen molar-refractivity contribution in [1.29, 1.82) is 0 Å². The molecule has 108 valence electrons. The number of methoxy groups -OCH3 is 1. The molecule has 1 N–H and O–H groups in total. The van der Waals surface area contributed by atoms with Gasteiger partial charge in [0.2, 0.25) is 0 Å². The molecule has 1 aromatic carbocycles. The van der Waals surface area contributed by atoms with E-state index in [0.29, 0.717) is 0 Å². The first kappa shape index (κ1) is 15.5. The second-order valence-electron chi connectivity index (χ2n) is 4.41. The molecule has 0 saturated heterocycles. The second kappa shape index (κ2) is 7.20. The third kappa shape index (κ3) is 3.81. The van der Waals surface area contributed by atoms with Crippen LogP contribution in [-0.2, 0) is 6.42 Å². The van der Waals surface area contributed by atoms with Crippen LogP contribution in [0.5, 0.6) is 5.75 Å². The van der Waals surface area contributed by atoms with Crippen molar-refractivity contribution in [2.24, 2.45) is 0 Å². The highest BCUT2D eigenvalue weighted by Crippen LogP contribution is 2.28. The topological polar surface area (TPSA) is 21.3 Å². The van der Waals surface area contributed by atoms with Gasteiger partial charge in [-0.1, -0.05) is 13.0 Å². The molecule has 1 heterocycles. The van der Waals surface area contributed by atoms with Crippen molar-refractivity contribution >= 4 is 27.3 Å². The Kier molecular flexibility index (Phi) is 5.57. The minimum Gasteiger partial charge on any atom is -0.494 e. The van der Waals surface area contributed by atoms with Crippen LogP contribution in [0.4, 0.5) is 4.39 Å². The summed E-state index contributed by atoms with van der Waals surface area (Å²) in [7, 11) is 1.48. The summed E-state index contributed by atoms with van der Waals surface area (Å²) in [6, 6.07) is 9.38. The average Bonchev–Trinajstić information content (AvgIpc) is 2.83. The predicted molar refractivity (Wildman–Crippen MR) is 85.1 cm³/mol. The molecule has 0 aliphatic rings. The summed E-state index contributed by atoms with van der Waals surface area (Å²) in [5.41, 5.74) is 0.940. The zero-order valence-electron chi connectivity index (χ0n) is 11.5. The fourth-order valence-corrected chi connectivity index (χ4v) is 3.64. The highest BCUT2D eigenvalue weighted by molar-refractivity contribution is 9.11. The van der Waals surface area contributed by atoms with Crippen LogP contribution in [0.2, 0.25) is 0 Å². The number of thiophene rings is 1. The molecule has 0 bridgehead atoms. The van der Waals surface area contributed by atoms with Crippen molar-refractivity contribution in [1.82, 2.24) is 5.32 Å². The molecule has 5 heteroatoms. The van der Waals surface area contributed by atoms with Gasteiger partial charge in [0.25, 0.3) is 0 Å². The van der Waals surface area contributed by atoms with E-state index in [1.165, 1.54) is 12.0 Å². The van der Waals surface area contributed by atoms with Gasteiger partial charge >= 0.3 is 0 Å². The maximum absolute atomic E-state index is 13.8. The molecule has 0 radical (unpaired) electrons. The van der Waals surface area contributed by atoms with Gasteiger partial charge in [-0.3, -0.25) is 0 Å². The van der Waals surface area contributed by atoms with E-state index in [2.05, 4.69) is 34.2 Å². The van der Waals surface area contributed by atoms with Gasteiger partial charge in [0, 0.05) is 17.3 Å². The van der Waals surface area contributed by atoms with Gasteiger partial charge in [-0.15, -0.1) is 11.3 Å². The molecule has 2 aromatic rings. The Hall–Kier alpha value is -0.910. The molecule has 1 aromatic heterocycles. The van der Waals surface area contributed by atoms with Gasteiger partial charge < -0.3 is 10.1 Å². The molecule has 0 aliphatic heterocycles. The van der Waals surface area contributed by atoms with Crippen molar-refractivity contribution in [3.63, 3.8) is 0 Å². The highest BCUT2D eigenvalue weighted by atomic mass is 79.9. The zero-order valence-corrected chi connectivity index (χ0v) is 13.9. The minimum atomic E-state index is -0.319. The van der Waals surface area contributed by atoms with Crippen molar-refractivity contribution in [3.05, 3.63) is 50.4 Å². The fraction of sp³-hybridized carbons (Fsp3) is 0.333. The summed E-state index contributed by atoms with van der Waals surface area (Å²) < 4.78 is 19.9. The van der Waals surface area contributed by atoms with Crippen molar-refractivity contribution in [3.8, 4) is 5.75 Å². The van der Waals surface area contributed by atoms with E-state index in [-0.39, 0.29) is 17.6 Å². The van der Waals surface area contributed by atoms with E-state index in [0.717, 1.165) is 22.3 Å². The van der Waals surface area contributed by atoms with Gasteiger partial charge in [-0.25, -0.2) is 4.39 Å². The maximum atomic E-state index is 13.8. The summed E-state index contributed by atoms with van der Waals surface area (Å²) in [6.07, 6.45) is 0.843. The van der Waals surface area contributed by atoms with Crippen molar-refractivity contribution < 1.29 is 9.13 Å². The Morgan fingerprint density at radius 2 is 2.15 bits per heavy atom. The first-order chi connectivity index (χ1) is 9.63. The molecule has 20 heavy (non-hydrogen) atoms. The van der Waals surface area contributed by atoms with Crippen molar-refractivity contribution in [2.45, 2.75) is 19.4 Å². The van der Waals surface area contributed by atoms with Gasteiger partial charge in [-0.05, 0) is 52.3 Å². The Morgan fingerprint density at radius 3 is 2.70 bits per heavy atom. The van der Waals surface area contributed by atoms with E-state index in [1.54, 1.807) is 23.5 Å². The molecule has 1 atom stereocenters. The summed E-state index contributed by atoms with van der Waals surface area (Å²) in [6.45, 7) is 2.89. The lowest BCUT2D eigenvalue weighted by atomic mass is 10.0. The van der Waals surface area contributed by atoms with E-state index in [1.807, 2.05) is 12.1 Å². The quantitative estimate of drug-likeness (QED) is 0.818. The fourth-order valence-electron chi connectivity index (χ4n) is 2.12. The predicted octanol–water partition coefficient (Wildman–Crippen LogP) is 4.55. The average molecular weight is 358 g/mol. The smallest absolute Gasteiger partial charge is 0.165 e. The highest BCUT2D eigenvalue weighted by Gasteiger charge is 2.14. The van der Waals surface area contributed by atoms with Crippen LogP contribution in [0, 0.1) is 5.82 Å². The molecular weight excluding hydrogens is 341 g/mol. The Morgan fingerprint density at radius 1 is 1.35 bits per heavy atom. The standard InChI is InChI=1S/C15H17BrFNOS/c1-3-18-13(9-11-5-7-15(16)20-11)10-4-6-14(19-2)12(17)8-10/h4-8,13,18H,3,9H2,1-2H3. The molecule has 2 rings (SSSR count). The molecule has 1 unspecified atom stereocenters. The summed E-state index contributed by atoms with van der Waals surface area (Å²) in [5.74, 6) is -0.0388. The van der Waals surface area contributed by atoms with Crippen LogP contribution in [0.25, 0.3) is 0 Å². The van der Waals surface area contributed by atoms with E-state index < -0.39 is 0 Å². The van der Waals surface area contributed by atoms with Gasteiger partial charge in [-0.2, -0.15) is 0 Å². The normalized spacial score (nSPS) is 12.4. The third-order valence-corrected chi connectivity index (χ3v) is 4.71. The molecule has 0 aliphatic carbocycles. The van der Waals surface area contributed by atoms with Crippen molar-refractivity contribution in [2.75, 3.05) is 13.7 Å². The molecule has 0 saturated carbocycles. The zero-order chi connectivity index (χ0) is 14.5. The third-order valence-electron chi connectivity index (χ3n) is 3.06. The lowest BCUT2D eigenvalue weighted by Gasteiger charge is -2.18. The van der Waals surface area contributed by atoms with Crippen LogP contribution in [0.15, 0.2) is 34.1 Å². The summed E-state index contributed by atoms with van der Waals surface area (Å²) in [5, 5.41) is 3.41. The largest absolute Gasteiger partial charge is 0.494 e. The van der Waals surface area contributed by atoms with Crippen LogP contribution in [0.3, 0.4) is 0 Å². The van der Waals surface area contributed by atoms with E-state index >= 15 is 0 Å². The Labute approximate surface area is 131 Å². The van der Waals surface area contributed by atoms with Crippen LogP contribution in [-0.4, -0.2) is 13.7 Å². The lowest BCUT2D eigenvalue weighted by molar-refractivity contribution is 0.385. The minimum absolute atomic E-state index is 0.103. The van der Waals surface area contributed by atoms with Crippen LogP contribution >= 0.6 is 27.3 Å². The molecule has 0 spiro atoms. The summed E-state index contributed by atoms with van der Waals surface area (Å²) >= 11 is 5.18. The Balaban J connectivity index is 2.21. The first-order valence-electron chi connectivity index (χ1n) is 6.45.